The third-order valence-electron chi connectivity index (χ3n) is 4.87. The molecule has 0 atom stereocenters. The van der Waals surface area contributed by atoms with Crippen LogP contribution < -0.4 is 5.56 Å². The number of hydrogen-bond donors (Lipinski definition) is 0. The highest BCUT2D eigenvalue weighted by Gasteiger charge is 2.14. The summed E-state index contributed by atoms with van der Waals surface area (Å²) in [4.78, 5) is 22.7. The lowest BCUT2D eigenvalue weighted by molar-refractivity contribution is 0.476. The van der Waals surface area contributed by atoms with E-state index in [0.717, 1.165) is 22.9 Å². The van der Waals surface area contributed by atoms with Gasteiger partial charge in [0.15, 0.2) is 5.16 Å². The number of fused-ring (bicyclic) bond motifs is 1. The molecule has 0 aliphatic carbocycles. The number of nitrogens with zero attached hydrogens (tertiary/aromatic N) is 3. The van der Waals surface area contributed by atoms with Crippen LogP contribution in [0, 0.1) is 0 Å². The Kier molecular flexibility index (Phi) is 5.69. The molecule has 5 aromatic rings. The molecular formula is C24H19N3O2S2. The first-order valence-corrected chi connectivity index (χ1v) is 11.7. The average molecular weight is 446 g/mol. The highest BCUT2D eigenvalue weighted by Crippen LogP contribution is 2.24. The van der Waals surface area contributed by atoms with Crippen molar-refractivity contribution in [1.29, 1.82) is 0 Å². The van der Waals surface area contributed by atoms with Crippen molar-refractivity contribution in [2.24, 2.45) is 0 Å². The highest BCUT2D eigenvalue weighted by molar-refractivity contribution is 7.98. The molecule has 0 radical (unpaired) electrons. The van der Waals surface area contributed by atoms with Crippen molar-refractivity contribution >= 4 is 34.0 Å². The maximum Gasteiger partial charge on any atom is 0.262 e. The van der Waals surface area contributed by atoms with E-state index in [4.69, 9.17) is 14.4 Å². The summed E-state index contributed by atoms with van der Waals surface area (Å²) in [6.07, 6.45) is 2.44. The number of para-hydroxylation sites is 1. The van der Waals surface area contributed by atoms with Crippen molar-refractivity contribution < 1.29 is 4.42 Å². The molecule has 0 aliphatic rings. The molecule has 3 aromatic heterocycles. The topological polar surface area (TPSA) is 60.9 Å². The second kappa shape index (κ2) is 8.91. The number of thioether (sulfide) groups is 1. The van der Waals surface area contributed by atoms with E-state index < -0.39 is 0 Å². The minimum absolute atomic E-state index is 0.0625. The first kappa shape index (κ1) is 19.8. The Morgan fingerprint density at radius 1 is 0.968 bits per heavy atom. The molecule has 0 bridgehead atoms. The second-order valence-electron chi connectivity index (χ2n) is 7.07. The summed E-state index contributed by atoms with van der Waals surface area (Å²) >= 11 is 3.19. The van der Waals surface area contributed by atoms with Gasteiger partial charge >= 0.3 is 0 Å². The standard InChI is InChI=1S/C24H19N3O2S2/c28-23-20-10-4-5-11-21(20)26-24(27(23)14-19-9-6-12-29-19)31-16-18-15-30-22(25-18)13-17-7-2-1-3-8-17/h1-12,15H,13-14,16H2. The smallest absolute Gasteiger partial charge is 0.262 e. The molecule has 5 rings (SSSR count). The summed E-state index contributed by atoms with van der Waals surface area (Å²) < 4.78 is 7.16. The molecule has 31 heavy (non-hydrogen) atoms. The highest BCUT2D eigenvalue weighted by atomic mass is 32.2. The number of rotatable bonds is 7. The molecule has 0 amide bonds. The lowest BCUT2D eigenvalue weighted by Crippen LogP contribution is -2.23. The molecule has 0 saturated heterocycles. The zero-order valence-electron chi connectivity index (χ0n) is 16.6. The number of thiazole rings is 1. The van der Waals surface area contributed by atoms with Gasteiger partial charge in [0.05, 0.1) is 34.4 Å². The van der Waals surface area contributed by atoms with Gasteiger partial charge in [-0.05, 0) is 29.8 Å². The molecule has 3 heterocycles. The van der Waals surface area contributed by atoms with Gasteiger partial charge in [-0.3, -0.25) is 9.36 Å². The minimum atomic E-state index is -0.0625. The van der Waals surface area contributed by atoms with E-state index in [9.17, 15) is 4.79 Å². The Labute approximate surface area is 187 Å². The molecule has 7 heteroatoms. The van der Waals surface area contributed by atoms with Crippen LogP contribution in [0.4, 0.5) is 0 Å². The van der Waals surface area contributed by atoms with Gasteiger partial charge in [0.2, 0.25) is 0 Å². The summed E-state index contributed by atoms with van der Waals surface area (Å²) in [6, 6.07) is 21.5. The van der Waals surface area contributed by atoms with Crippen LogP contribution >= 0.6 is 23.1 Å². The van der Waals surface area contributed by atoms with Gasteiger partial charge in [-0.1, -0.05) is 54.2 Å². The number of benzene rings is 2. The molecular weight excluding hydrogens is 426 g/mol. The Bertz CT molecular complexity index is 1360. The van der Waals surface area contributed by atoms with Crippen LogP contribution in [0.15, 0.2) is 92.7 Å². The Balaban J connectivity index is 1.40. The SMILES string of the molecule is O=c1c2ccccc2nc(SCc2csc(Cc3ccccc3)n2)n1Cc1ccco1. The van der Waals surface area contributed by atoms with Crippen LogP contribution in [0.25, 0.3) is 10.9 Å². The second-order valence-corrected chi connectivity index (χ2v) is 8.95. The largest absolute Gasteiger partial charge is 0.467 e. The van der Waals surface area contributed by atoms with E-state index in [1.807, 2.05) is 54.6 Å². The number of hydrogen-bond acceptors (Lipinski definition) is 6. The fraction of sp³-hybridized carbons (Fsp3) is 0.125. The predicted octanol–water partition coefficient (Wildman–Crippen LogP) is 5.38. The van der Waals surface area contributed by atoms with Crippen LogP contribution in [0.1, 0.15) is 22.0 Å². The Hall–Kier alpha value is -3.16. The van der Waals surface area contributed by atoms with Crippen LogP contribution in [-0.4, -0.2) is 14.5 Å². The Morgan fingerprint density at radius 3 is 2.65 bits per heavy atom. The number of furan rings is 1. The van der Waals surface area contributed by atoms with Crippen LogP contribution in [0.5, 0.6) is 0 Å². The van der Waals surface area contributed by atoms with Gasteiger partial charge in [-0.25, -0.2) is 9.97 Å². The van der Waals surface area contributed by atoms with Crippen molar-refractivity contribution in [1.82, 2.24) is 14.5 Å². The van der Waals surface area contributed by atoms with E-state index in [2.05, 4.69) is 17.5 Å². The molecule has 0 unspecified atom stereocenters. The fourth-order valence-corrected chi connectivity index (χ4v) is 5.19. The minimum Gasteiger partial charge on any atom is -0.467 e. The molecule has 0 spiro atoms. The maximum atomic E-state index is 13.1. The van der Waals surface area contributed by atoms with Gasteiger partial charge in [-0.15, -0.1) is 11.3 Å². The molecule has 0 saturated carbocycles. The molecule has 5 nitrogen and oxygen atoms in total. The van der Waals surface area contributed by atoms with E-state index in [1.165, 1.54) is 17.3 Å². The lowest BCUT2D eigenvalue weighted by Gasteiger charge is -2.11. The summed E-state index contributed by atoms with van der Waals surface area (Å²) in [7, 11) is 0. The van der Waals surface area contributed by atoms with Gasteiger partial charge in [-0.2, -0.15) is 0 Å². The normalized spacial score (nSPS) is 11.2. The molecule has 0 N–H and O–H groups in total. The van der Waals surface area contributed by atoms with E-state index in [-0.39, 0.29) is 5.56 Å². The van der Waals surface area contributed by atoms with E-state index >= 15 is 0 Å². The summed E-state index contributed by atoms with van der Waals surface area (Å²) in [5.74, 6) is 1.37. The average Bonchev–Trinajstić information content (AvgIpc) is 3.47. The van der Waals surface area contributed by atoms with Gasteiger partial charge in [0.1, 0.15) is 5.76 Å². The third-order valence-corrected chi connectivity index (χ3v) is 6.77. The third kappa shape index (κ3) is 4.47. The van der Waals surface area contributed by atoms with E-state index in [0.29, 0.717) is 28.4 Å². The Morgan fingerprint density at radius 2 is 1.81 bits per heavy atom. The van der Waals surface area contributed by atoms with E-state index in [1.54, 1.807) is 22.2 Å². The van der Waals surface area contributed by atoms with Crippen LogP contribution in [0.2, 0.25) is 0 Å². The molecule has 2 aromatic carbocycles. The quantitative estimate of drug-likeness (QED) is 0.249. The van der Waals surface area contributed by atoms with Gasteiger partial charge in [0.25, 0.3) is 5.56 Å². The first-order valence-electron chi connectivity index (χ1n) is 9.88. The molecule has 154 valence electrons. The zero-order chi connectivity index (χ0) is 21.0. The van der Waals surface area contributed by atoms with Gasteiger partial charge in [0, 0.05) is 17.6 Å². The van der Waals surface area contributed by atoms with Crippen molar-refractivity contribution in [3.05, 3.63) is 111 Å². The maximum absolute atomic E-state index is 13.1. The fourth-order valence-electron chi connectivity index (χ4n) is 3.36. The number of aromatic nitrogens is 3. The molecule has 0 fully saturated rings. The van der Waals surface area contributed by atoms with Crippen molar-refractivity contribution in [2.45, 2.75) is 23.9 Å². The van der Waals surface area contributed by atoms with Crippen molar-refractivity contribution in [3.8, 4) is 0 Å². The first-order chi connectivity index (χ1) is 15.3. The zero-order valence-corrected chi connectivity index (χ0v) is 18.2. The monoisotopic (exact) mass is 445 g/mol. The summed E-state index contributed by atoms with van der Waals surface area (Å²) in [6.45, 7) is 0.350. The van der Waals surface area contributed by atoms with Crippen molar-refractivity contribution in [3.63, 3.8) is 0 Å². The lowest BCUT2D eigenvalue weighted by atomic mass is 10.2. The molecule has 0 aliphatic heterocycles. The van der Waals surface area contributed by atoms with Crippen molar-refractivity contribution in [2.75, 3.05) is 0 Å². The van der Waals surface area contributed by atoms with Crippen LogP contribution in [-0.2, 0) is 18.7 Å². The van der Waals surface area contributed by atoms with Gasteiger partial charge < -0.3 is 4.42 Å². The van der Waals surface area contributed by atoms with Crippen LogP contribution in [0.3, 0.4) is 0 Å². The predicted molar refractivity (Wildman–Crippen MR) is 125 cm³/mol. The summed E-state index contributed by atoms with van der Waals surface area (Å²) in [5.41, 5.74) is 2.88. The summed E-state index contributed by atoms with van der Waals surface area (Å²) in [5, 5.41) is 4.44.